The zero-order valence-electron chi connectivity index (χ0n) is 37.6. The van der Waals surface area contributed by atoms with Gasteiger partial charge in [0, 0.05) is 38.4 Å². The van der Waals surface area contributed by atoms with Crippen molar-refractivity contribution in [1.29, 1.82) is 0 Å². The second-order valence-electron chi connectivity index (χ2n) is 16.6. The Labute approximate surface area is 351 Å². The van der Waals surface area contributed by atoms with E-state index in [1.54, 1.807) is 0 Å². The van der Waals surface area contributed by atoms with Crippen molar-refractivity contribution in [2.45, 2.75) is 226 Å². The molecule has 0 aromatic carbocycles. The number of hydrogen-bond acceptors (Lipinski definition) is 8. The number of likely N-dealkylation sites (tertiary alicyclic amines) is 1. The number of carbonyl (C=O) groups is 3. The number of carbonyl (C=O) groups excluding carboxylic acids is 3. The molecule has 1 aliphatic rings. The molecule has 0 spiro atoms. The van der Waals surface area contributed by atoms with Crippen LogP contribution in [-0.2, 0) is 33.3 Å². The molecule has 332 valence electrons. The molecule has 0 N–H and O–H groups in total. The second-order valence-corrected chi connectivity index (χ2v) is 16.6. The van der Waals surface area contributed by atoms with Crippen LogP contribution in [-0.4, -0.2) is 75.0 Å². The summed E-state index contributed by atoms with van der Waals surface area (Å²) in [4.78, 5) is 40.7. The topological polar surface area (TPSA) is 91.4 Å². The van der Waals surface area contributed by atoms with Crippen molar-refractivity contribution in [3.8, 4) is 0 Å². The van der Waals surface area contributed by atoms with Gasteiger partial charge in [-0.2, -0.15) is 0 Å². The fourth-order valence-electron chi connectivity index (χ4n) is 7.27. The van der Waals surface area contributed by atoms with Gasteiger partial charge >= 0.3 is 11.9 Å². The number of ether oxygens (including phenoxy) is 4. The zero-order valence-corrected chi connectivity index (χ0v) is 37.6. The number of ketones is 1. The predicted molar refractivity (Wildman–Crippen MR) is 236 cm³/mol. The molecule has 0 saturated carbocycles. The van der Waals surface area contributed by atoms with Crippen molar-refractivity contribution in [2.75, 3.05) is 40.0 Å². The number of Topliss-reactive ketones (excluding diaryl/α,β-unsaturated/α-hetero) is 1. The van der Waals surface area contributed by atoms with Crippen molar-refractivity contribution in [1.82, 2.24) is 4.90 Å². The summed E-state index contributed by atoms with van der Waals surface area (Å²) in [7, 11) is 1.95. The lowest BCUT2D eigenvalue weighted by atomic mass is 10.00. The molecule has 1 heterocycles. The first-order valence-corrected chi connectivity index (χ1v) is 24.0. The monoisotopic (exact) mass is 804 g/mol. The Kier molecular flexibility index (Phi) is 36.7. The fraction of sp³-hybridized carbons (Fsp3) is 0.857. The maximum Gasteiger partial charge on any atom is 0.323 e. The van der Waals surface area contributed by atoms with E-state index in [9.17, 15) is 14.4 Å². The molecule has 0 aromatic rings. The molecule has 0 aromatic heterocycles. The first kappa shape index (κ1) is 53.0. The van der Waals surface area contributed by atoms with Crippen LogP contribution in [0, 0.1) is 5.92 Å². The van der Waals surface area contributed by atoms with Crippen LogP contribution < -0.4 is 0 Å². The first-order chi connectivity index (χ1) is 27.9. The van der Waals surface area contributed by atoms with Gasteiger partial charge in [-0.15, -0.1) is 0 Å². The molecule has 0 radical (unpaired) electrons. The third kappa shape index (κ3) is 32.5. The Balaban J connectivity index is 2.48. The van der Waals surface area contributed by atoms with Gasteiger partial charge in [-0.05, 0) is 84.2 Å². The smallest absolute Gasteiger partial charge is 0.323 e. The van der Waals surface area contributed by atoms with E-state index in [0.717, 1.165) is 77.2 Å². The van der Waals surface area contributed by atoms with E-state index in [0.29, 0.717) is 38.9 Å². The summed E-state index contributed by atoms with van der Waals surface area (Å²) in [5, 5.41) is 0. The third-order valence-corrected chi connectivity index (χ3v) is 11.2. The van der Waals surface area contributed by atoms with Gasteiger partial charge in [0.15, 0.2) is 6.29 Å². The van der Waals surface area contributed by atoms with E-state index in [2.05, 4.69) is 45.1 Å². The van der Waals surface area contributed by atoms with E-state index < -0.39 is 6.29 Å². The van der Waals surface area contributed by atoms with Crippen LogP contribution in [0.25, 0.3) is 0 Å². The van der Waals surface area contributed by atoms with Crippen molar-refractivity contribution < 1.29 is 33.3 Å². The summed E-state index contributed by atoms with van der Waals surface area (Å²) >= 11 is 0. The number of allylic oxidation sites excluding steroid dienone is 4. The van der Waals surface area contributed by atoms with Crippen LogP contribution in [0.1, 0.15) is 213 Å². The molecule has 0 bridgehead atoms. The number of nitrogens with zero attached hydrogens (tertiary/aromatic N) is 1. The Morgan fingerprint density at radius 1 is 0.596 bits per heavy atom. The average Bonchev–Trinajstić information content (AvgIpc) is 3.65. The molecule has 1 fully saturated rings. The summed E-state index contributed by atoms with van der Waals surface area (Å²) in [6, 6.07) is -0.224. The molecule has 0 amide bonds. The summed E-state index contributed by atoms with van der Waals surface area (Å²) in [5.74, 6) is -0.529. The van der Waals surface area contributed by atoms with Crippen molar-refractivity contribution in [3.05, 3.63) is 24.3 Å². The molecular formula is C49H89NO7. The van der Waals surface area contributed by atoms with Gasteiger partial charge in [0.1, 0.15) is 11.8 Å². The predicted octanol–water partition coefficient (Wildman–Crippen LogP) is 12.8. The van der Waals surface area contributed by atoms with Crippen LogP contribution in [0.4, 0.5) is 0 Å². The average molecular weight is 804 g/mol. The van der Waals surface area contributed by atoms with E-state index in [1.807, 2.05) is 11.9 Å². The molecule has 1 rings (SSSR count). The highest BCUT2D eigenvalue weighted by Crippen LogP contribution is 2.19. The lowest BCUT2D eigenvalue weighted by Gasteiger charge is -2.21. The van der Waals surface area contributed by atoms with Gasteiger partial charge in [-0.1, -0.05) is 141 Å². The zero-order chi connectivity index (χ0) is 41.4. The number of esters is 2. The number of rotatable bonds is 41. The number of unbranched alkanes of at least 4 members (excludes halogenated alkanes) is 18. The van der Waals surface area contributed by atoms with Crippen LogP contribution in [0.15, 0.2) is 24.3 Å². The first-order valence-electron chi connectivity index (χ1n) is 24.0. The van der Waals surface area contributed by atoms with Gasteiger partial charge in [0.25, 0.3) is 0 Å². The minimum absolute atomic E-state index is 0.130. The minimum atomic E-state index is -0.421. The highest BCUT2D eigenvalue weighted by Gasteiger charge is 2.30. The molecule has 8 nitrogen and oxygen atoms in total. The molecule has 8 heteroatoms. The summed E-state index contributed by atoms with van der Waals surface area (Å²) in [6.07, 6.45) is 39.7. The Morgan fingerprint density at radius 3 is 1.72 bits per heavy atom. The Morgan fingerprint density at radius 2 is 1.12 bits per heavy atom. The Bertz CT molecular complexity index is 996. The van der Waals surface area contributed by atoms with Crippen molar-refractivity contribution >= 4 is 17.7 Å². The van der Waals surface area contributed by atoms with Crippen molar-refractivity contribution in [3.63, 3.8) is 0 Å². The van der Waals surface area contributed by atoms with Gasteiger partial charge in [-0.3, -0.25) is 19.3 Å². The van der Waals surface area contributed by atoms with Crippen molar-refractivity contribution in [2.24, 2.45) is 5.92 Å². The SMILES string of the molecule is CCCCC/C=C\C/C=C\CCCCCCCC(=O)CCC(COC(=O)CCC(OCCCCCCCC)OCCCCCCCC)COC(=O)C1CCCN1C. The maximum atomic E-state index is 13.0. The van der Waals surface area contributed by atoms with Gasteiger partial charge in [0.2, 0.25) is 0 Å². The third-order valence-electron chi connectivity index (χ3n) is 11.2. The number of hydrogen-bond donors (Lipinski definition) is 0. The standard InChI is InChI=1S/C49H89NO7/c1-5-8-11-14-17-18-19-20-21-22-23-24-25-26-29-33-45(51)36-35-44(43-57-49(53)46-34-32-39-50(46)4)42-56-47(52)37-38-48(54-40-30-27-15-12-9-6-2)55-41-31-28-16-13-10-7-3/h17-18,20-21,44,46,48H,5-16,19,22-43H2,1-4H3/b18-17-,21-20-. The molecule has 1 saturated heterocycles. The fourth-order valence-corrected chi connectivity index (χ4v) is 7.27. The van der Waals surface area contributed by atoms with E-state index >= 15 is 0 Å². The van der Waals surface area contributed by atoms with Crippen LogP contribution in [0.5, 0.6) is 0 Å². The van der Waals surface area contributed by atoms with Gasteiger partial charge < -0.3 is 18.9 Å². The minimum Gasteiger partial charge on any atom is -0.465 e. The largest absolute Gasteiger partial charge is 0.465 e. The highest BCUT2D eigenvalue weighted by molar-refractivity contribution is 5.78. The lowest BCUT2D eigenvalue weighted by molar-refractivity contribution is -0.161. The second kappa shape index (κ2) is 39.4. The molecule has 0 aliphatic carbocycles. The molecule has 1 aliphatic heterocycles. The molecule has 2 unspecified atom stereocenters. The van der Waals surface area contributed by atoms with E-state index in [4.69, 9.17) is 18.9 Å². The van der Waals surface area contributed by atoms with E-state index in [1.165, 1.54) is 89.9 Å². The normalized spacial score (nSPS) is 15.4. The lowest BCUT2D eigenvalue weighted by Crippen LogP contribution is -2.35. The summed E-state index contributed by atoms with van der Waals surface area (Å²) in [5.41, 5.74) is 0. The quantitative estimate of drug-likeness (QED) is 0.0261. The summed E-state index contributed by atoms with van der Waals surface area (Å²) < 4.78 is 23.7. The van der Waals surface area contributed by atoms with E-state index in [-0.39, 0.29) is 49.3 Å². The molecule has 2 atom stereocenters. The Hall–Kier alpha value is -2.03. The maximum absolute atomic E-state index is 13.0. The molecular weight excluding hydrogens is 715 g/mol. The number of likely N-dealkylation sites (N-methyl/N-ethyl adjacent to an activating group) is 1. The van der Waals surface area contributed by atoms with Gasteiger partial charge in [-0.25, -0.2) is 0 Å². The molecule has 57 heavy (non-hydrogen) atoms. The van der Waals surface area contributed by atoms with Crippen LogP contribution >= 0.6 is 0 Å². The summed E-state index contributed by atoms with van der Waals surface area (Å²) in [6.45, 7) is 9.13. The van der Waals surface area contributed by atoms with Crippen LogP contribution in [0.3, 0.4) is 0 Å². The van der Waals surface area contributed by atoms with Gasteiger partial charge in [0.05, 0.1) is 19.6 Å². The highest BCUT2D eigenvalue weighted by atomic mass is 16.7. The van der Waals surface area contributed by atoms with Crippen LogP contribution in [0.2, 0.25) is 0 Å².